The third kappa shape index (κ3) is 5.08. The number of halogens is 4. The molecule has 1 N–H and O–H groups in total. The number of amides is 2. The van der Waals surface area contributed by atoms with Gasteiger partial charge in [-0.25, -0.2) is 9.80 Å². The van der Waals surface area contributed by atoms with Crippen LogP contribution in [0, 0.1) is 0 Å². The summed E-state index contributed by atoms with van der Waals surface area (Å²) in [5, 5.41) is 6.47. The fourth-order valence-corrected chi connectivity index (χ4v) is 4.03. The van der Waals surface area contributed by atoms with Gasteiger partial charge in [-0.15, -0.1) is 0 Å². The monoisotopic (exact) mass is 475 g/mol. The molecule has 1 aliphatic rings. The molecular formula is C23H17ClF3N3OS. The molecule has 0 aliphatic carbocycles. The molecule has 3 aromatic rings. The van der Waals surface area contributed by atoms with Crippen molar-refractivity contribution in [3.8, 4) is 0 Å². The molecule has 4 nitrogen and oxygen atoms in total. The summed E-state index contributed by atoms with van der Waals surface area (Å²) in [4.78, 5) is 13.2. The number of urea groups is 1. The first kappa shape index (κ1) is 22.2. The lowest BCUT2D eigenvalue weighted by Gasteiger charge is -2.15. The summed E-state index contributed by atoms with van der Waals surface area (Å²) in [6, 6.07) is 21.1. The minimum absolute atomic E-state index is 0.126. The zero-order chi connectivity index (χ0) is 22.7. The van der Waals surface area contributed by atoms with E-state index in [1.54, 1.807) is 12.1 Å². The number of nitrogens with one attached hydrogen (secondary N) is 1. The Hall–Kier alpha value is -2.97. The normalized spacial score (nSPS) is 16.1. The minimum atomic E-state index is -4.40. The summed E-state index contributed by atoms with van der Waals surface area (Å²) in [6.07, 6.45) is -4.40. The number of alkyl halides is 3. The molecule has 0 saturated carbocycles. The molecule has 1 aliphatic heterocycles. The number of nitrogens with zero attached hydrogens (tertiary/aromatic N) is 2. The maximum Gasteiger partial charge on any atom is 0.416 e. The molecular weight excluding hydrogens is 459 g/mol. The van der Waals surface area contributed by atoms with Crippen molar-refractivity contribution in [3.63, 3.8) is 0 Å². The summed E-state index contributed by atoms with van der Waals surface area (Å²) in [6.45, 7) is 0.335. The van der Waals surface area contributed by atoms with E-state index in [0.29, 0.717) is 16.5 Å². The molecule has 9 heteroatoms. The Bertz CT molecular complexity index is 1120. The van der Waals surface area contributed by atoms with E-state index < -0.39 is 17.8 Å². The fraction of sp³-hybridized carbons (Fsp3) is 0.130. The van der Waals surface area contributed by atoms with E-state index in [4.69, 9.17) is 11.6 Å². The Kier molecular flexibility index (Phi) is 6.43. The highest BCUT2D eigenvalue weighted by atomic mass is 35.5. The van der Waals surface area contributed by atoms with E-state index >= 15 is 0 Å². The first-order valence-corrected chi connectivity index (χ1v) is 10.8. The molecule has 164 valence electrons. The molecule has 1 heterocycles. The zero-order valence-corrected chi connectivity index (χ0v) is 18.1. The van der Waals surface area contributed by atoms with Crippen molar-refractivity contribution >= 4 is 35.3 Å². The number of rotatable bonds is 4. The Morgan fingerprint density at radius 3 is 2.28 bits per heavy atom. The van der Waals surface area contributed by atoms with Gasteiger partial charge < -0.3 is 0 Å². The molecule has 0 bridgehead atoms. The van der Waals surface area contributed by atoms with Crippen LogP contribution in [0.1, 0.15) is 22.6 Å². The maximum atomic E-state index is 12.7. The van der Waals surface area contributed by atoms with Crippen molar-refractivity contribution in [2.45, 2.75) is 17.0 Å². The Balaban J connectivity index is 1.50. The zero-order valence-electron chi connectivity index (χ0n) is 16.5. The van der Waals surface area contributed by atoms with E-state index in [-0.39, 0.29) is 5.92 Å². The number of carbonyl (C=O) groups excluding carboxylic acids is 1. The summed E-state index contributed by atoms with van der Waals surface area (Å²) in [5.74, 6) is -0.126. The van der Waals surface area contributed by atoms with Gasteiger partial charge in [0.2, 0.25) is 0 Å². The molecule has 0 saturated heterocycles. The Labute approximate surface area is 192 Å². The van der Waals surface area contributed by atoms with Gasteiger partial charge in [-0.2, -0.15) is 18.3 Å². The predicted molar refractivity (Wildman–Crippen MR) is 120 cm³/mol. The van der Waals surface area contributed by atoms with Crippen LogP contribution < -0.4 is 4.72 Å². The lowest BCUT2D eigenvalue weighted by atomic mass is 9.91. The van der Waals surface area contributed by atoms with Crippen LogP contribution in [0.4, 0.5) is 18.0 Å². The average Bonchev–Trinajstić information content (AvgIpc) is 3.24. The smallest absolute Gasteiger partial charge is 0.276 e. The van der Waals surface area contributed by atoms with Gasteiger partial charge in [0.25, 0.3) is 0 Å². The molecule has 1 unspecified atom stereocenters. The van der Waals surface area contributed by atoms with E-state index in [1.165, 1.54) is 17.1 Å². The highest BCUT2D eigenvalue weighted by Gasteiger charge is 2.33. The number of carbonyl (C=O) groups is 1. The number of hydrazone groups is 1. The largest absolute Gasteiger partial charge is 0.416 e. The van der Waals surface area contributed by atoms with Crippen molar-refractivity contribution in [2.75, 3.05) is 6.54 Å². The standard InChI is InChI=1S/C23H17ClF3N3OS/c24-18-10-6-16(7-11-18)21-20(15-4-2-1-3-5-15)14-30(28-21)22(31)29-32-19-12-8-17(9-13-19)23(25,26)27/h1-13,20H,14H2,(H,29,31). The Morgan fingerprint density at radius 1 is 1.00 bits per heavy atom. The van der Waals surface area contributed by atoms with Gasteiger partial charge in [-0.3, -0.25) is 4.72 Å². The molecule has 4 rings (SSSR count). The van der Waals surface area contributed by atoms with Crippen LogP contribution in [-0.2, 0) is 6.18 Å². The topological polar surface area (TPSA) is 44.7 Å². The molecule has 3 aromatic carbocycles. The van der Waals surface area contributed by atoms with Crippen molar-refractivity contribution in [2.24, 2.45) is 5.10 Å². The van der Waals surface area contributed by atoms with Crippen LogP contribution in [0.25, 0.3) is 0 Å². The predicted octanol–water partition coefficient (Wildman–Crippen LogP) is 6.58. The van der Waals surface area contributed by atoms with Crippen LogP contribution in [0.2, 0.25) is 5.02 Å². The van der Waals surface area contributed by atoms with Crippen LogP contribution in [0.3, 0.4) is 0 Å². The molecule has 1 atom stereocenters. The Morgan fingerprint density at radius 2 is 1.66 bits per heavy atom. The summed E-state index contributed by atoms with van der Waals surface area (Å²) < 4.78 is 40.8. The van der Waals surface area contributed by atoms with E-state index in [2.05, 4.69) is 9.82 Å². The summed E-state index contributed by atoms with van der Waals surface area (Å²) in [5.41, 5.74) is 1.87. The molecule has 0 aromatic heterocycles. The number of hydrogen-bond acceptors (Lipinski definition) is 3. The van der Waals surface area contributed by atoms with E-state index in [0.717, 1.165) is 40.9 Å². The summed E-state index contributed by atoms with van der Waals surface area (Å²) in [7, 11) is 0. The second-order valence-corrected chi connectivity index (χ2v) is 8.39. The van der Waals surface area contributed by atoms with Crippen LogP contribution in [-0.4, -0.2) is 23.3 Å². The number of benzene rings is 3. The minimum Gasteiger partial charge on any atom is -0.276 e. The van der Waals surface area contributed by atoms with Crippen molar-refractivity contribution < 1.29 is 18.0 Å². The molecule has 0 radical (unpaired) electrons. The van der Waals surface area contributed by atoms with Gasteiger partial charge in [0.05, 0.1) is 17.8 Å². The average molecular weight is 476 g/mol. The van der Waals surface area contributed by atoms with Crippen LogP contribution in [0.5, 0.6) is 0 Å². The highest BCUT2D eigenvalue weighted by Crippen LogP contribution is 2.31. The molecule has 0 fully saturated rings. The van der Waals surface area contributed by atoms with E-state index in [1.807, 2.05) is 42.5 Å². The first-order chi connectivity index (χ1) is 15.3. The van der Waals surface area contributed by atoms with Crippen molar-refractivity contribution in [3.05, 3.63) is 101 Å². The van der Waals surface area contributed by atoms with Crippen molar-refractivity contribution in [1.82, 2.24) is 9.73 Å². The first-order valence-electron chi connectivity index (χ1n) is 9.62. The third-order valence-electron chi connectivity index (χ3n) is 4.93. The summed E-state index contributed by atoms with van der Waals surface area (Å²) >= 11 is 6.94. The van der Waals surface area contributed by atoms with Crippen molar-refractivity contribution in [1.29, 1.82) is 0 Å². The fourth-order valence-electron chi connectivity index (χ4n) is 3.32. The van der Waals surface area contributed by atoms with E-state index in [9.17, 15) is 18.0 Å². The molecule has 0 spiro atoms. The quantitative estimate of drug-likeness (QED) is 0.433. The van der Waals surface area contributed by atoms with Gasteiger partial charge >= 0.3 is 12.2 Å². The highest BCUT2D eigenvalue weighted by molar-refractivity contribution is 7.98. The van der Waals surface area contributed by atoms with Gasteiger partial charge in [0.1, 0.15) is 0 Å². The SMILES string of the molecule is O=C(NSc1ccc(C(F)(F)F)cc1)N1CC(c2ccccc2)C(c2ccc(Cl)cc2)=N1. The molecule has 2 amide bonds. The van der Waals surface area contributed by atoms with Crippen LogP contribution >= 0.6 is 23.5 Å². The number of hydrogen-bond donors (Lipinski definition) is 1. The van der Waals surface area contributed by atoms with Gasteiger partial charge in [0.15, 0.2) is 0 Å². The van der Waals surface area contributed by atoms with Gasteiger partial charge in [-0.05, 0) is 59.5 Å². The van der Waals surface area contributed by atoms with Gasteiger partial charge in [0, 0.05) is 15.8 Å². The maximum absolute atomic E-state index is 12.7. The lowest BCUT2D eigenvalue weighted by Crippen LogP contribution is -2.32. The lowest BCUT2D eigenvalue weighted by molar-refractivity contribution is -0.137. The second kappa shape index (κ2) is 9.26. The van der Waals surface area contributed by atoms with Gasteiger partial charge in [-0.1, -0.05) is 54.1 Å². The van der Waals surface area contributed by atoms with Crippen LogP contribution in [0.15, 0.2) is 88.9 Å². The molecule has 32 heavy (non-hydrogen) atoms. The third-order valence-corrected chi connectivity index (χ3v) is 5.96. The second-order valence-electron chi connectivity index (χ2n) is 7.07.